The Labute approximate surface area is 141 Å². The first-order valence-electron chi connectivity index (χ1n) is 6.50. The van der Waals surface area contributed by atoms with Gasteiger partial charge in [-0.15, -0.1) is 24.0 Å². The Kier molecular flexibility index (Phi) is 10.0. The molecule has 0 aromatic heterocycles. The molecule has 7 heteroatoms. The summed E-state index contributed by atoms with van der Waals surface area (Å²) in [6.07, 6.45) is -2.41. The molecule has 0 radical (unpaired) electrons. The number of nitrogens with one attached hydrogen (secondary N) is 2. The molecule has 0 aliphatic rings. The number of benzene rings is 1. The third kappa shape index (κ3) is 7.45. The highest BCUT2D eigenvalue weighted by Gasteiger charge is 2.06. The molecule has 21 heavy (non-hydrogen) atoms. The SMILES string of the molecule is CCNC(=NCc1ccc(C)cc1OC)NCC(F)F.I. The highest BCUT2D eigenvalue weighted by molar-refractivity contribution is 14.0. The van der Waals surface area contributed by atoms with Crippen LogP contribution in [0.15, 0.2) is 23.2 Å². The zero-order valence-corrected chi connectivity index (χ0v) is 14.8. The second-order valence-corrected chi connectivity index (χ2v) is 4.28. The minimum atomic E-state index is -2.41. The lowest BCUT2D eigenvalue weighted by Gasteiger charge is -2.12. The van der Waals surface area contributed by atoms with Crippen molar-refractivity contribution in [3.05, 3.63) is 29.3 Å². The third-order valence-electron chi connectivity index (χ3n) is 2.62. The zero-order valence-electron chi connectivity index (χ0n) is 12.5. The second kappa shape index (κ2) is 10.6. The molecular weight excluding hydrogens is 391 g/mol. The summed E-state index contributed by atoms with van der Waals surface area (Å²) in [6.45, 7) is 4.41. The molecule has 0 saturated heterocycles. The van der Waals surface area contributed by atoms with Gasteiger partial charge in [0.1, 0.15) is 5.75 Å². The Morgan fingerprint density at radius 1 is 1.33 bits per heavy atom. The molecule has 0 aliphatic carbocycles. The van der Waals surface area contributed by atoms with Crippen LogP contribution in [0.5, 0.6) is 5.75 Å². The van der Waals surface area contributed by atoms with E-state index in [-0.39, 0.29) is 24.0 Å². The van der Waals surface area contributed by atoms with Crippen LogP contribution in [0.2, 0.25) is 0 Å². The lowest BCUT2D eigenvalue weighted by Crippen LogP contribution is -2.39. The molecule has 1 rings (SSSR count). The van der Waals surface area contributed by atoms with Crippen LogP contribution in [0.3, 0.4) is 0 Å². The summed E-state index contributed by atoms with van der Waals surface area (Å²) in [5.41, 5.74) is 2.00. The Bertz CT molecular complexity index is 456. The van der Waals surface area contributed by atoms with Gasteiger partial charge in [0.2, 0.25) is 0 Å². The number of rotatable bonds is 6. The molecule has 0 unspecified atom stereocenters. The first-order chi connectivity index (χ1) is 9.56. The minimum absolute atomic E-state index is 0. The van der Waals surface area contributed by atoms with E-state index in [2.05, 4.69) is 15.6 Å². The van der Waals surface area contributed by atoms with Crippen LogP contribution in [0, 0.1) is 6.92 Å². The largest absolute Gasteiger partial charge is 0.496 e. The number of aryl methyl sites for hydroxylation is 1. The van der Waals surface area contributed by atoms with Crippen LogP contribution >= 0.6 is 24.0 Å². The maximum Gasteiger partial charge on any atom is 0.255 e. The van der Waals surface area contributed by atoms with Crippen molar-refractivity contribution < 1.29 is 13.5 Å². The van der Waals surface area contributed by atoms with E-state index in [1.165, 1.54) is 0 Å². The fourth-order valence-corrected chi connectivity index (χ4v) is 1.66. The van der Waals surface area contributed by atoms with E-state index in [4.69, 9.17) is 4.74 Å². The monoisotopic (exact) mass is 413 g/mol. The minimum Gasteiger partial charge on any atom is -0.496 e. The smallest absolute Gasteiger partial charge is 0.255 e. The summed E-state index contributed by atoms with van der Waals surface area (Å²) in [6, 6.07) is 5.81. The Morgan fingerprint density at radius 3 is 2.62 bits per heavy atom. The van der Waals surface area contributed by atoms with E-state index in [1.54, 1.807) is 7.11 Å². The molecule has 0 saturated carbocycles. The van der Waals surface area contributed by atoms with Crippen molar-refractivity contribution in [3.63, 3.8) is 0 Å². The molecule has 1 aromatic carbocycles. The Hall–Kier alpha value is -1.12. The summed E-state index contributed by atoms with van der Waals surface area (Å²) in [7, 11) is 1.60. The van der Waals surface area contributed by atoms with Crippen LogP contribution < -0.4 is 15.4 Å². The molecular formula is C14H22F2IN3O. The van der Waals surface area contributed by atoms with Crippen molar-refractivity contribution in [1.82, 2.24) is 10.6 Å². The average molecular weight is 413 g/mol. The summed E-state index contributed by atoms with van der Waals surface area (Å²) in [5.74, 6) is 1.12. The number of methoxy groups -OCH3 is 1. The fraction of sp³-hybridized carbons (Fsp3) is 0.500. The van der Waals surface area contributed by atoms with Gasteiger partial charge in [-0.2, -0.15) is 0 Å². The molecule has 1 aromatic rings. The van der Waals surface area contributed by atoms with Crippen molar-refractivity contribution in [2.24, 2.45) is 4.99 Å². The van der Waals surface area contributed by atoms with Crippen LogP contribution in [-0.4, -0.2) is 32.6 Å². The highest BCUT2D eigenvalue weighted by atomic mass is 127. The average Bonchev–Trinajstić information content (AvgIpc) is 2.42. The van der Waals surface area contributed by atoms with Crippen molar-refractivity contribution in [3.8, 4) is 5.75 Å². The number of guanidine groups is 1. The number of alkyl halides is 2. The van der Waals surface area contributed by atoms with Gasteiger partial charge >= 0.3 is 0 Å². The Morgan fingerprint density at radius 2 is 2.05 bits per heavy atom. The van der Waals surface area contributed by atoms with Crippen LogP contribution in [0.25, 0.3) is 0 Å². The molecule has 0 aliphatic heterocycles. The lowest BCUT2D eigenvalue weighted by molar-refractivity contribution is 0.152. The number of hydrogen-bond acceptors (Lipinski definition) is 2. The fourth-order valence-electron chi connectivity index (χ4n) is 1.66. The van der Waals surface area contributed by atoms with Gasteiger partial charge in [0.15, 0.2) is 5.96 Å². The standard InChI is InChI=1S/C14H21F2N3O.HI/c1-4-17-14(19-9-13(15)16)18-8-11-6-5-10(2)7-12(11)20-3;/h5-7,13H,4,8-9H2,1-3H3,(H2,17,18,19);1H. The molecule has 2 N–H and O–H groups in total. The molecule has 4 nitrogen and oxygen atoms in total. The van der Waals surface area contributed by atoms with E-state index in [1.807, 2.05) is 32.0 Å². The molecule has 0 bridgehead atoms. The first-order valence-corrected chi connectivity index (χ1v) is 6.50. The van der Waals surface area contributed by atoms with E-state index in [0.29, 0.717) is 19.0 Å². The van der Waals surface area contributed by atoms with Gasteiger partial charge in [-0.05, 0) is 25.5 Å². The number of halogens is 3. The lowest BCUT2D eigenvalue weighted by atomic mass is 10.1. The number of nitrogens with zero attached hydrogens (tertiary/aromatic N) is 1. The van der Waals surface area contributed by atoms with Crippen molar-refractivity contribution >= 4 is 29.9 Å². The van der Waals surface area contributed by atoms with Crippen molar-refractivity contribution in [2.75, 3.05) is 20.2 Å². The zero-order chi connectivity index (χ0) is 15.0. The second-order valence-electron chi connectivity index (χ2n) is 4.28. The first kappa shape index (κ1) is 19.9. The normalized spacial score (nSPS) is 11.0. The summed E-state index contributed by atoms with van der Waals surface area (Å²) in [4.78, 5) is 4.28. The number of ether oxygens (including phenoxy) is 1. The number of hydrogen-bond donors (Lipinski definition) is 2. The van der Waals surface area contributed by atoms with Crippen LogP contribution in [-0.2, 0) is 6.54 Å². The van der Waals surface area contributed by atoms with E-state index >= 15 is 0 Å². The van der Waals surface area contributed by atoms with E-state index in [0.717, 1.165) is 16.9 Å². The third-order valence-corrected chi connectivity index (χ3v) is 2.62. The maximum atomic E-state index is 12.2. The highest BCUT2D eigenvalue weighted by Crippen LogP contribution is 2.20. The summed E-state index contributed by atoms with van der Waals surface area (Å²) >= 11 is 0. The van der Waals surface area contributed by atoms with Gasteiger partial charge in [0, 0.05) is 12.1 Å². The van der Waals surface area contributed by atoms with E-state index < -0.39 is 13.0 Å². The van der Waals surface area contributed by atoms with Crippen molar-refractivity contribution in [1.29, 1.82) is 0 Å². The van der Waals surface area contributed by atoms with Gasteiger partial charge in [0.25, 0.3) is 6.43 Å². The summed E-state index contributed by atoms with van der Waals surface area (Å²) < 4.78 is 29.7. The van der Waals surface area contributed by atoms with Crippen molar-refractivity contribution in [2.45, 2.75) is 26.8 Å². The van der Waals surface area contributed by atoms with Gasteiger partial charge in [-0.1, -0.05) is 12.1 Å². The van der Waals surface area contributed by atoms with E-state index in [9.17, 15) is 8.78 Å². The van der Waals surface area contributed by atoms with Gasteiger partial charge in [-0.25, -0.2) is 13.8 Å². The van der Waals surface area contributed by atoms with Gasteiger partial charge in [0.05, 0.1) is 20.2 Å². The quantitative estimate of drug-likeness (QED) is 0.429. The molecule has 0 fully saturated rings. The summed E-state index contributed by atoms with van der Waals surface area (Å²) in [5, 5.41) is 5.51. The van der Waals surface area contributed by atoms with Gasteiger partial charge in [-0.3, -0.25) is 0 Å². The molecule has 0 heterocycles. The van der Waals surface area contributed by atoms with Crippen LogP contribution in [0.4, 0.5) is 8.78 Å². The topological polar surface area (TPSA) is 45.7 Å². The maximum absolute atomic E-state index is 12.2. The molecule has 120 valence electrons. The molecule has 0 spiro atoms. The Balaban J connectivity index is 0.00000400. The molecule has 0 amide bonds. The predicted molar refractivity (Wildman–Crippen MR) is 92.0 cm³/mol. The number of aliphatic imine (C=N–C) groups is 1. The molecule has 0 atom stereocenters. The van der Waals surface area contributed by atoms with Gasteiger partial charge < -0.3 is 15.4 Å². The van der Waals surface area contributed by atoms with Crippen LogP contribution in [0.1, 0.15) is 18.1 Å². The predicted octanol–water partition coefficient (Wildman–Crippen LogP) is 2.94.